The minimum Gasteiger partial charge on any atom is -0.380 e. The first kappa shape index (κ1) is 13.9. The average molecular weight is 238 g/mol. The predicted octanol–water partition coefficient (Wildman–Crippen LogP) is 1.02. The van der Waals surface area contributed by atoms with E-state index >= 15 is 0 Å². The molecule has 5 nitrogen and oxygen atoms in total. The van der Waals surface area contributed by atoms with Crippen LogP contribution in [0.4, 0.5) is 5.82 Å². The summed E-state index contributed by atoms with van der Waals surface area (Å²) < 4.78 is 5.33. The van der Waals surface area contributed by atoms with Crippen molar-refractivity contribution in [1.82, 2.24) is 10.2 Å². The maximum atomic E-state index is 5.79. The van der Waals surface area contributed by atoms with E-state index in [1.54, 1.807) is 0 Å². The third kappa shape index (κ3) is 3.38. The molecule has 0 spiro atoms. The number of anilines is 1. The maximum absolute atomic E-state index is 5.79. The van der Waals surface area contributed by atoms with Crippen LogP contribution in [-0.4, -0.2) is 37.0 Å². The Morgan fingerprint density at radius 2 is 2.00 bits per heavy atom. The number of likely N-dealkylation sites (N-methyl/N-ethyl adjacent to an activating group) is 1. The predicted molar refractivity (Wildman–Crippen MR) is 69.2 cm³/mol. The van der Waals surface area contributed by atoms with Crippen LogP contribution >= 0.6 is 0 Å². The number of nitrogens with zero attached hydrogens (tertiary/aromatic N) is 3. The van der Waals surface area contributed by atoms with Crippen molar-refractivity contribution in [2.75, 3.05) is 31.7 Å². The van der Waals surface area contributed by atoms with Crippen molar-refractivity contribution in [1.29, 1.82) is 0 Å². The molecule has 1 heterocycles. The zero-order valence-corrected chi connectivity index (χ0v) is 11.2. The van der Waals surface area contributed by atoms with Crippen LogP contribution in [-0.2, 0) is 11.3 Å². The summed E-state index contributed by atoms with van der Waals surface area (Å²) in [5.74, 6) is 0.857. The summed E-state index contributed by atoms with van der Waals surface area (Å²) in [6.07, 6.45) is 0. The molecule has 0 aliphatic heterocycles. The standard InChI is InChI=1S/C12H22N4O/c1-5-17-7-6-16(4)12-11(8-13)9(2)10(3)14-15-12/h5-8,13H2,1-4H3. The van der Waals surface area contributed by atoms with Gasteiger partial charge in [0.2, 0.25) is 0 Å². The summed E-state index contributed by atoms with van der Waals surface area (Å²) in [6.45, 7) is 8.66. The molecule has 1 aromatic heterocycles. The lowest BCUT2D eigenvalue weighted by Crippen LogP contribution is -2.26. The van der Waals surface area contributed by atoms with Crippen molar-refractivity contribution < 1.29 is 4.74 Å². The van der Waals surface area contributed by atoms with E-state index in [0.717, 1.165) is 35.8 Å². The lowest BCUT2D eigenvalue weighted by molar-refractivity contribution is 0.154. The normalized spacial score (nSPS) is 10.6. The SMILES string of the molecule is CCOCCN(C)c1nnc(C)c(C)c1CN. The van der Waals surface area contributed by atoms with E-state index in [1.165, 1.54) is 0 Å². The zero-order chi connectivity index (χ0) is 12.8. The third-order valence-electron chi connectivity index (χ3n) is 2.90. The molecule has 1 rings (SSSR count). The van der Waals surface area contributed by atoms with Gasteiger partial charge in [-0.1, -0.05) is 0 Å². The van der Waals surface area contributed by atoms with Crippen molar-refractivity contribution in [2.45, 2.75) is 27.3 Å². The Kier molecular flexibility index (Phi) is 5.31. The molecule has 0 atom stereocenters. The molecule has 1 aromatic rings. The van der Waals surface area contributed by atoms with E-state index in [0.29, 0.717) is 13.2 Å². The van der Waals surface area contributed by atoms with Gasteiger partial charge in [-0.15, -0.1) is 5.10 Å². The molecule has 5 heteroatoms. The van der Waals surface area contributed by atoms with Gasteiger partial charge in [-0.05, 0) is 26.3 Å². The summed E-state index contributed by atoms with van der Waals surface area (Å²) in [7, 11) is 1.98. The number of ether oxygens (including phenoxy) is 1. The van der Waals surface area contributed by atoms with Crippen LogP contribution in [0.25, 0.3) is 0 Å². The van der Waals surface area contributed by atoms with Gasteiger partial charge in [0.25, 0.3) is 0 Å². The quantitative estimate of drug-likeness (QED) is 0.750. The summed E-state index contributed by atoms with van der Waals surface area (Å²) in [6, 6.07) is 0. The largest absolute Gasteiger partial charge is 0.380 e. The molecule has 0 fully saturated rings. The summed E-state index contributed by atoms with van der Waals surface area (Å²) in [5.41, 5.74) is 8.92. The first-order valence-corrected chi connectivity index (χ1v) is 5.93. The second kappa shape index (κ2) is 6.51. The van der Waals surface area contributed by atoms with Crippen molar-refractivity contribution in [2.24, 2.45) is 5.73 Å². The molecule has 0 radical (unpaired) electrons. The van der Waals surface area contributed by atoms with Crippen LogP contribution < -0.4 is 10.6 Å². The van der Waals surface area contributed by atoms with Gasteiger partial charge in [0.05, 0.1) is 12.3 Å². The summed E-state index contributed by atoms with van der Waals surface area (Å²) in [5, 5.41) is 8.38. The highest BCUT2D eigenvalue weighted by atomic mass is 16.5. The molecule has 0 aromatic carbocycles. The second-order valence-corrected chi connectivity index (χ2v) is 4.04. The fraction of sp³-hybridized carbons (Fsp3) is 0.667. The Labute approximate surface area is 103 Å². The van der Waals surface area contributed by atoms with Gasteiger partial charge in [-0.2, -0.15) is 5.10 Å². The van der Waals surface area contributed by atoms with Crippen molar-refractivity contribution in [3.8, 4) is 0 Å². The Bertz CT molecular complexity index is 368. The number of rotatable bonds is 6. The van der Waals surface area contributed by atoms with E-state index in [2.05, 4.69) is 10.2 Å². The molecule has 0 unspecified atom stereocenters. The minimum atomic E-state index is 0.483. The Morgan fingerprint density at radius 1 is 1.29 bits per heavy atom. The molecule has 2 N–H and O–H groups in total. The number of aryl methyl sites for hydroxylation is 1. The van der Waals surface area contributed by atoms with Gasteiger partial charge in [0.1, 0.15) is 0 Å². The number of aromatic nitrogens is 2. The van der Waals surface area contributed by atoms with Gasteiger partial charge in [0.15, 0.2) is 5.82 Å². The number of hydrogen-bond acceptors (Lipinski definition) is 5. The van der Waals surface area contributed by atoms with E-state index in [9.17, 15) is 0 Å². The molecule has 96 valence electrons. The first-order chi connectivity index (χ1) is 8.11. The highest BCUT2D eigenvalue weighted by molar-refractivity contribution is 5.50. The monoisotopic (exact) mass is 238 g/mol. The summed E-state index contributed by atoms with van der Waals surface area (Å²) in [4.78, 5) is 2.04. The van der Waals surface area contributed by atoms with Gasteiger partial charge in [-0.25, -0.2) is 0 Å². The van der Waals surface area contributed by atoms with Crippen LogP contribution in [0.3, 0.4) is 0 Å². The fourth-order valence-corrected chi connectivity index (χ4v) is 1.65. The molecule has 0 aliphatic carbocycles. The van der Waals surface area contributed by atoms with Crippen LogP contribution in [0, 0.1) is 13.8 Å². The highest BCUT2D eigenvalue weighted by Gasteiger charge is 2.13. The first-order valence-electron chi connectivity index (χ1n) is 5.93. The molecular formula is C12H22N4O. The van der Waals surface area contributed by atoms with Crippen LogP contribution in [0.5, 0.6) is 0 Å². The average Bonchev–Trinajstić information content (AvgIpc) is 2.32. The van der Waals surface area contributed by atoms with Gasteiger partial charge in [-0.3, -0.25) is 0 Å². The number of hydrogen-bond donors (Lipinski definition) is 1. The summed E-state index contributed by atoms with van der Waals surface area (Å²) >= 11 is 0. The number of nitrogens with two attached hydrogens (primary N) is 1. The van der Waals surface area contributed by atoms with Crippen LogP contribution in [0.15, 0.2) is 0 Å². The van der Waals surface area contributed by atoms with Crippen LogP contribution in [0.1, 0.15) is 23.7 Å². The third-order valence-corrected chi connectivity index (χ3v) is 2.90. The molecule has 0 aliphatic rings. The zero-order valence-electron chi connectivity index (χ0n) is 11.2. The Morgan fingerprint density at radius 3 is 2.59 bits per heavy atom. The van der Waals surface area contributed by atoms with Crippen molar-refractivity contribution >= 4 is 5.82 Å². The maximum Gasteiger partial charge on any atom is 0.155 e. The fourth-order valence-electron chi connectivity index (χ4n) is 1.65. The molecular weight excluding hydrogens is 216 g/mol. The van der Waals surface area contributed by atoms with E-state index in [1.807, 2.05) is 32.7 Å². The second-order valence-electron chi connectivity index (χ2n) is 4.04. The lowest BCUT2D eigenvalue weighted by atomic mass is 10.1. The smallest absolute Gasteiger partial charge is 0.155 e. The Hall–Kier alpha value is -1.20. The van der Waals surface area contributed by atoms with Gasteiger partial charge in [0, 0.05) is 32.3 Å². The van der Waals surface area contributed by atoms with E-state index in [4.69, 9.17) is 10.5 Å². The van der Waals surface area contributed by atoms with Gasteiger partial charge >= 0.3 is 0 Å². The lowest BCUT2D eigenvalue weighted by Gasteiger charge is -2.21. The molecule has 0 bridgehead atoms. The van der Waals surface area contributed by atoms with Crippen molar-refractivity contribution in [3.05, 3.63) is 16.8 Å². The van der Waals surface area contributed by atoms with E-state index < -0.39 is 0 Å². The van der Waals surface area contributed by atoms with Crippen LogP contribution in [0.2, 0.25) is 0 Å². The highest BCUT2D eigenvalue weighted by Crippen LogP contribution is 2.20. The topological polar surface area (TPSA) is 64.3 Å². The molecule has 17 heavy (non-hydrogen) atoms. The minimum absolute atomic E-state index is 0.483. The van der Waals surface area contributed by atoms with Gasteiger partial charge < -0.3 is 15.4 Å². The Balaban J connectivity index is 2.85. The van der Waals surface area contributed by atoms with E-state index in [-0.39, 0.29) is 0 Å². The molecule has 0 amide bonds. The molecule has 0 saturated heterocycles. The van der Waals surface area contributed by atoms with Crippen molar-refractivity contribution in [3.63, 3.8) is 0 Å². The molecule has 0 saturated carbocycles.